The minimum Gasteiger partial charge on any atom is -0.493 e. The van der Waals surface area contributed by atoms with Crippen LogP contribution in [0.25, 0.3) is 33.1 Å². The highest BCUT2D eigenvalue weighted by Gasteiger charge is 2.18. The lowest BCUT2D eigenvalue weighted by Crippen LogP contribution is -2.08. The molecule has 0 bridgehead atoms. The Bertz CT molecular complexity index is 1660. The van der Waals surface area contributed by atoms with Gasteiger partial charge in [-0.1, -0.05) is 22.0 Å². The van der Waals surface area contributed by atoms with E-state index >= 15 is 0 Å². The number of fused-ring (bicyclic) bond motifs is 2. The molecule has 0 unspecified atom stereocenters. The quantitative estimate of drug-likeness (QED) is 0.144. The third-order valence-corrected chi connectivity index (χ3v) is 6.19. The van der Waals surface area contributed by atoms with Crippen LogP contribution in [0.5, 0.6) is 17.2 Å². The van der Waals surface area contributed by atoms with E-state index in [1.165, 1.54) is 13.2 Å². The van der Waals surface area contributed by atoms with Crippen LogP contribution in [0.15, 0.2) is 78.8 Å². The summed E-state index contributed by atoms with van der Waals surface area (Å²) < 4.78 is 28.2. The molecule has 7 nitrogen and oxygen atoms in total. The predicted molar refractivity (Wildman–Crippen MR) is 135 cm³/mol. The lowest BCUT2D eigenvalue weighted by molar-refractivity contribution is 0.0704. The molecule has 5 rings (SSSR count). The van der Waals surface area contributed by atoms with Crippen molar-refractivity contribution in [3.63, 3.8) is 0 Å². The molecular formula is C27H19BrO7. The molecular weight excluding hydrogens is 516 g/mol. The number of carbonyl (C=O) groups excluding carboxylic acids is 1. The van der Waals surface area contributed by atoms with E-state index in [-0.39, 0.29) is 11.5 Å². The molecule has 35 heavy (non-hydrogen) atoms. The standard InChI is InChI=1S/C27H19BrO7/c1-14-19-7-6-18(33-26(29)24-12-16-10-17(28)5-9-20(16)34-24)13-22(19)35-27(30)25(14)15-4-8-21(31-2)23(11-15)32-3/h4-13H,1-3H3. The third kappa shape index (κ3) is 4.17. The van der Waals surface area contributed by atoms with Crippen LogP contribution in [0.1, 0.15) is 16.1 Å². The van der Waals surface area contributed by atoms with E-state index < -0.39 is 11.6 Å². The highest BCUT2D eigenvalue weighted by atomic mass is 79.9. The van der Waals surface area contributed by atoms with Gasteiger partial charge < -0.3 is 23.0 Å². The van der Waals surface area contributed by atoms with Gasteiger partial charge in [0.05, 0.1) is 19.8 Å². The molecule has 0 fully saturated rings. The minimum atomic E-state index is -0.655. The van der Waals surface area contributed by atoms with Gasteiger partial charge in [-0.2, -0.15) is 0 Å². The minimum absolute atomic E-state index is 0.0691. The summed E-state index contributed by atoms with van der Waals surface area (Å²) in [5.41, 5.74) is 2.13. The Morgan fingerprint density at radius 3 is 2.43 bits per heavy atom. The highest BCUT2D eigenvalue weighted by Crippen LogP contribution is 2.35. The van der Waals surface area contributed by atoms with E-state index in [4.69, 9.17) is 23.0 Å². The summed E-state index contributed by atoms with van der Waals surface area (Å²) in [6, 6.07) is 17.2. The van der Waals surface area contributed by atoms with Crippen LogP contribution >= 0.6 is 15.9 Å². The first-order chi connectivity index (χ1) is 16.9. The fourth-order valence-corrected chi connectivity index (χ4v) is 4.38. The first-order valence-corrected chi connectivity index (χ1v) is 11.4. The zero-order valence-corrected chi connectivity index (χ0v) is 20.6. The summed E-state index contributed by atoms with van der Waals surface area (Å²) in [7, 11) is 3.08. The van der Waals surface area contributed by atoms with E-state index in [1.807, 2.05) is 19.1 Å². The molecule has 3 aromatic carbocycles. The number of ether oxygens (including phenoxy) is 3. The van der Waals surface area contributed by atoms with Crippen LogP contribution in [0.4, 0.5) is 0 Å². The van der Waals surface area contributed by atoms with Gasteiger partial charge in [-0.3, -0.25) is 0 Å². The molecule has 0 spiro atoms. The van der Waals surface area contributed by atoms with Crippen molar-refractivity contribution in [2.24, 2.45) is 0 Å². The summed E-state index contributed by atoms with van der Waals surface area (Å²) >= 11 is 3.39. The Balaban J connectivity index is 1.49. The monoisotopic (exact) mass is 534 g/mol. The Morgan fingerprint density at radius 2 is 1.66 bits per heavy atom. The lowest BCUT2D eigenvalue weighted by atomic mass is 9.99. The molecule has 0 atom stereocenters. The third-order valence-electron chi connectivity index (χ3n) is 5.70. The normalized spacial score (nSPS) is 11.1. The predicted octanol–water partition coefficient (Wildman–Crippen LogP) is 6.51. The summed E-state index contributed by atoms with van der Waals surface area (Å²) in [4.78, 5) is 25.6. The van der Waals surface area contributed by atoms with Gasteiger partial charge in [0.1, 0.15) is 16.9 Å². The number of hydrogen-bond donors (Lipinski definition) is 0. The van der Waals surface area contributed by atoms with Crippen LogP contribution < -0.4 is 19.8 Å². The number of hydrogen-bond acceptors (Lipinski definition) is 7. The number of methoxy groups -OCH3 is 2. The smallest absolute Gasteiger partial charge is 0.379 e. The number of esters is 1. The van der Waals surface area contributed by atoms with Crippen molar-refractivity contribution < 1.29 is 27.8 Å². The van der Waals surface area contributed by atoms with E-state index in [0.717, 1.165) is 15.4 Å². The van der Waals surface area contributed by atoms with Crippen molar-refractivity contribution in [2.45, 2.75) is 6.92 Å². The molecule has 0 saturated heterocycles. The largest absolute Gasteiger partial charge is 0.493 e. The zero-order chi connectivity index (χ0) is 24.7. The van der Waals surface area contributed by atoms with Gasteiger partial charge in [-0.25, -0.2) is 9.59 Å². The Labute approximate surface area is 207 Å². The van der Waals surface area contributed by atoms with Crippen molar-refractivity contribution in [1.82, 2.24) is 0 Å². The number of rotatable bonds is 5. The van der Waals surface area contributed by atoms with Crippen molar-refractivity contribution >= 4 is 43.8 Å². The van der Waals surface area contributed by atoms with Crippen LogP contribution in [0.3, 0.4) is 0 Å². The summed E-state index contributed by atoms with van der Waals surface area (Å²) in [5, 5.41) is 1.48. The maximum atomic E-state index is 12.9. The summed E-state index contributed by atoms with van der Waals surface area (Å²) in [6.07, 6.45) is 0. The average Bonchev–Trinajstić information content (AvgIpc) is 3.27. The van der Waals surface area contributed by atoms with Crippen molar-refractivity contribution in [3.05, 3.63) is 86.9 Å². The molecule has 176 valence electrons. The summed E-state index contributed by atoms with van der Waals surface area (Å²) in [5.74, 6) is 0.703. The first-order valence-electron chi connectivity index (χ1n) is 10.6. The molecule has 0 aliphatic carbocycles. The Kier molecular flexibility index (Phi) is 5.82. The molecule has 8 heteroatoms. The second kappa shape index (κ2) is 8.96. The molecule has 0 aliphatic rings. The molecule has 0 aliphatic heterocycles. The topological polar surface area (TPSA) is 88.1 Å². The lowest BCUT2D eigenvalue weighted by Gasteiger charge is -2.12. The molecule has 2 heterocycles. The van der Waals surface area contributed by atoms with Gasteiger partial charge in [0, 0.05) is 21.3 Å². The van der Waals surface area contributed by atoms with Gasteiger partial charge in [0.2, 0.25) is 5.76 Å². The number of furan rings is 1. The van der Waals surface area contributed by atoms with Crippen molar-refractivity contribution in [3.8, 4) is 28.4 Å². The zero-order valence-electron chi connectivity index (χ0n) is 19.0. The van der Waals surface area contributed by atoms with Crippen molar-refractivity contribution in [1.29, 1.82) is 0 Å². The van der Waals surface area contributed by atoms with Crippen LogP contribution in [-0.4, -0.2) is 20.2 Å². The Morgan fingerprint density at radius 1 is 0.857 bits per heavy atom. The van der Waals surface area contributed by atoms with E-state index in [0.29, 0.717) is 39.2 Å². The van der Waals surface area contributed by atoms with E-state index in [2.05, 4.69) is 15.9 Å². The molecule has 0 saturated carbocycles. The molecule has 0 radical (unpaired) electrons. The maximum Gasteiger partial charge on any atom is 0.379 e. The van der Waals surface area contributed by atoms with Gasteiger partial charge in [-0.15, -0.1) is 0 Å². The maximum absolute atomic E-state index is 12.9. The van der Waals surface area contributed by atoms with Crippen LogP contribution in [0.2, 0.25) is 0 Å². The van der Waals surface area contributed by atoms with Gasteiger partial charge in [-0.05, 0) is 66.6 Å². The molecule has 0 N–H and O–H groups in total. The van der Waals surface area contributed by atoms with Crippen molar-refractivity contribution in [2.75, 3.05) is 14.2 Å². The average molecular weight is 535 g/mol. The molecule has 5 aromatic rings. The van der Waals surface area contributed by atoms with Gasteiger partial charge >= 0.3 is 11.6 Å². The number of carbonyl (C=O) groups is 1. The second-order valence-corrected chi connectivity index (χ2v) is 8.72. The highest BCUT2D eigenvalue weighted by molar-refractivity contribution is 9.10. The molecule has 2 aromatic heterocycles. The number of benzene rings is 3. The van der Waals surface area contributed by atoms with Crippen LogP contribution in [-0.2, 0) is 0 Å². The fourth-order valence-electron chi connectivity index (χ4n) is 4.00. The van der Waals surface area contributed by atoms with E-state index in [9.17, 15) is 9.59 Å². The van der Waals surface area contributed by atoms with E-state index in [1.54, 1.807) is 49.6 Å². The van der Waals surface area contributed by atoms with Crippen LogP contribution in [0, 0.1) is 6.92 Å². The second-order valence-electron chi connectivity index (χ2n) is 7.80. The summed E-state index contributed by atoms with van der Waals surface area (Å²) in [6.45, 7) is 1.84. The van der Waals surface area contributed by atoms with Gasteiger partial charge in [0.15, 0.2) is 11.5 Å². The Hall–Kier alpha value is -4.04. The number of aryl methyl sites for hydroxylation is 1. The fraction of sp³-hybridized carbons (Fsp3) is 0.111. The van der Waals surface area contributed by atoms with Gasteiger partial charge in [0.25, 0.3) is 0 Å². The SMILES string of the molecule is COc1ccc(-c2c(C)c3ccc(OC(=O)c4cc5cc(Br)ccc5o4)cc3oc2=O)cc1OC. The molecule has 0 amide bonds. The number of halogens is 1. The first kappa shape index (κ1) is 22.7.